The average Bonchev–Trinajstić information content (AvgIpc) is 2.89. The fourth-order valence-electron chi connectivity index (χ4n) is 2.89. The van der Waals surface area contributed by atoms with Gasteiger partial charge in [0.15, 0.2) is 0 Å². The van der Waals surface area contributed by atoms with E-state index in [1.54, 1.807) is 46.1 Å². The quantitative estimate of drug-likeness (QED) is 0.148. The minimum atomic E-state index is -0.497. The lowest BCUT2D eigenvalue weighted by Gasteiger charge is -2.13. The number of benzene rings is 3. The van der Waals surface area contributed by atoms with E-state index >= 15 is 0 Å². The van der Waals surface area contributed by atoms with E-state index < -0.39 is 11.9 Å². The standard InChI is InChI=1S/C27H24O5.C4H6O/c1-17(2)26(28)31-22-12-10-20(11-13-22)19-6-8-21(9-7-19)24-15-14-23(30-5)16-25(24)32-27(29)18(3)4;1-4(2)3-5/h6-16H,1,3H2,2,4-5H3;3H,1H2,2H3. The zero-order valence-electron chi connectivity index (χ0n) is 21.5. The third-order valence-electron chi connectivity index (χ3n) is 4.88. The van der Waals surface area contributed by atoms with Gasteiger partial charge in [0, 0.05) is 22.8 Å². The molecule has 3 aromatic rings. The Labute approximate surface area is 217 Å². The van der Waals surface area contributed by atoms with Gasteiger partial charge in [-0.1, -0.05) is 56.1 Å². The zero-order valence-corrected chi connectivity index (χ0v) is 21.5. The summed E-state index contributed by atoms with van der Waals surface area (Å²) >= 11 is 0. The van der Waals surface area contributed by atoms with Crippen molar-refractivity contribution in [3.63, 3.8) is 0 Å². The summed E-state index contributed by atoms with van der Waals surface area (Å²) in [5.41, 5.74) is 4.82. The van der Waals surface area contributed by atoms with Gasteiger partial charge in [-0.25, -0.2) is 9.59 Å². The van der Waals surface area contributed by atoms with Crippen molar-refractivity contribution >= 4 is 18.2 Å². The molecule has 0 heterocycles. The lowest BCUT2D eigenvalue weighted by Crippen LogP contribution is -2.09. The van der Waals surface area contributed by atoms with Crippen molar-refractivity contribution in [2.75, 3.05) is 7.11 Å². The van der Waals surface area contributed by atoms with Crippen LogP contribution in [-0.2, 0) is 14.4 Å². The number of aldehydes is 1. The summed E-state index contributed by atoms with van der Waals surface area (Å²) in [6.45, 7) is 15.4. The number of allylic oxidation sites excluding steroid dienone is 1. The van der Waals surface area contributed by atoms with E-state index in [-0.39, 0.29) is 0 Å². The molecular weight excluding hydrogens is 468 g/mol. The summed E-state index contributed by atoms with van der Waals surface area (Å²) in [7, 11) is 1.55. The molecule has 0 saturated heterocycles. The summed E-state index contributed by atoms with van der Waals surface area (Å²) < 4.78 is 16.0. The van der Waals surface area contributed by atoms with Crippen molar-refractivity contribution < 1.29 is 28.6 Å². The largest absolute Gasteiger partial charge is 0.497 e. The Morgan fingerprint density at radius 2 is 1.11 bits per heavy atom. The van der Waals surface area contributed by atoms with E-state index in [1.807, 2.05) is 48.5 Å². The number of methoxy groups -OCH3 is 1. The van der Waals surface area contributed by atoms with Gasteiger partial charge in [0.2, 0.25) is 0 Å². The first-order valence-electron chi connectivity index (χ1n) is 11.3. The number of hydrogen-bond donors (Lipinski definition) is 0. The van der Waals surface area contributed by atoms with Crippen molar-refractivity contribution in [2.24, 2.45) is 0 Å². The molecular formula is C31H30O6. The van der Waals surface area contributed by atoms with E-state index in [0.717, 1.165) is 28.5 Å². The molecule has 0 bridgehead atoms. The van der Waals surface area contributed by atoms with Crippen LogP contribution in [-0.4, -0.2) is 25.3 Å². The number of carbonyl (C=O) groups is 3. The first-order chi connectivity index (χ1) is 17.5. The van der Waals surface area contributed by atoms with E-state index in [0.29, 0.717) is 34.0 Å². The number of hydrogen-bond acceptors (Lipinski definition) is 6. The number of carbonyl (C=O) groups excluding carboxylic acids is 3. The van der Waals surface area contributed by atoms with Crippen molar-refractivity contribution in [3.8, 4) is 39.5 Å². The van der Waals surface area contributed by atoms with Crippen LogP contribution >= 0.6 is 0 Å². The Hall–Kier alpha value is -4.71. The first kappa shape index (κ1) is 28.5. The molecule has 0 spiro atoms. The number of rotatable bonds is 8. The fourth-order valence-corrected chi connectivity index (χ4v) is 2.89. The van der Waals surface area contributed by atoms with Crippen LogP contribution in [0, 0.1) is 0 Å². The van der Waals surface area contributed by atoms with Crippen LogP contribution in [0.4, 0.5) is 0 Å². The Kier molecular flexibility index (Phi) is 10.3. The summed E-state index contributed by atoms with van der Waals surface area (Å²) in [6, 6.07) is 20.4. The molecule has 0 unspecified atom stereocenters. The van der Waals surface area contributed by atoms with Gasteiger partial charge in [-0.2, -0.15) is 0 Å². The maximum atomic E-state index is 12.1. The topological polar surface area (TPSA) is 78.9 Å². The third kappa shape index (κ3) is 8.47. The van der Waals surface area contributed by atoms with Gasteiger partial charge in [0.1, 0.15) is 23.5 Å². The second-order valence-electron chi connectivity index (χ2n) is 8.27. The molecule has 6 nitrogen and oxygen atoms in total. The molecule has 0 N–H and O–H groups in total. The maximum Gasteiger partial charge on any atom is 0.338 e. The fraction of sp³-hybridized carbons (Fsp3) is 0.129. The molecule has 6 heteroatoms. The second-order valence-corrected chi connectivity index (χ2v) is 8.27. The minimum absolute atomic E-state index is 0.312. The van der Waals surface area contributed by atoms with Crippen LogP contribution in [0.3, 0.4) is 0 Å². The molecule has 0 aliphatic rings. The van der Waals surface area contributed by atoms with Gasteiger partial charge in [0.05, 0.1) is 7.11 Å². The lowest BCUT2D eigenvalue weighted by molar-refractivity contribution is -0.130. The summed E-state index contributed by atoms with van der Waals surface area (Å²) in [4.78, 5) is 33.1. The van der Waals surface area contributed by atoms with Gasteiger partial charge in [-0.15, -0.1) is 0 Å². The van der Waals surface area contributed by atoms with Gasteiger partial charge in [-0.3, -0.25) is 4.79 Å². The maximum absolute atomic E-state index is 12.1. The number of ether oxygens (including phenoxy) is 3. The lowest BCUT2D eigenvalue weighted by atomic mass is 9.99. The van der Waals surface area contributed by atoms with Gasteiger partial charge in [0.25, 0.3) is 0 Å². The number of esters is 2. The van der Waals surface area contributed by atoms with Crippen LogP contribution in [0.15, 0.2) is 103 Å². The van der Waals surface area contributed by atoms with E-state index in [2.05, 4.69) is 19.7 Å². The van der Waals surface area contributed by atoms with Crippen molar-refractivity contribution in [1.82, 2.24) is 0 Å². The Balaban J connectivity index is 0.000000877. The molecule has 3 aromatic carbocycles. The van der Waals surface area contributed by atoms with Crippen molar-refractivity contribution in [1.29, 1.82) is 0 Å². The molecule has 0 saturated carbocycles. The minimum Gasteiger partial charge on any atom is -0.497 e. The molecule has 0 aliphatic carbocycles. The average molecular weight is 499 g/mol. The molecule has 190 valence electrons. The Bertz CT molecular complexity index is 1310. The van der Waals surface area contributed by atoms with Gasteiger partial charge >= 0.3 is 11.9 Å². The van der Waals surface area contributed by atoms with Crippen LogP contribution in [0.25, 0.3) is 22.3 Å². The normalized spacial score (nSPS) is 9.73. The van der Waals surface area contributed by atoms with Gasteiger partial charge in [-0.05, 0) is 67.3 Å². The molecule has 0 amide bonds. The molecule has 0 fully saturated rings. The highest BCUT2D eigenvalue weighted by Crippen LogP contribution is 2.35. The summed E-state index contributed by atoms with van der Waals surface area (Å²) in [5.74, 6) is 0.491. The van der Waals surface area contributed by atoms with Crippen LogP contribution in [0.2, 0.25) is 0 Å². The highest BCUT2D eigenvalue weighted by molar-refractivity contribution is 5.90. The molecule has 3 rings (SSSR count). The predicted molar refractivity (Wildman–Crippen MR) is 146 cm³/mol. The zero-order chi connectivity index (χ0) is 27.5. The van der Waals surface area contributed by atoms with E-state index in [9.17, 15) is 14.4 Å². The second kappa shape index (κ2) is 13.4. The SMILES string of the molecule is C=C(C)C(=O)Oc1ccc(-c2ccc(-c3ccc(OC)cc3OC(=O)C(=C)C)cc2)cc1.C=C(C)C=O. The molecule has 0 atom stereocenters. The highest BCUT2D eigenvalue weighted by atomic mass is 16.5. The Morgan fingerprint density at radius 3 is 1.57 bits per heavy atom. The van der Waals surface area contributed by atoms with Crippen LogP contribution < -0.4 is 14.2 Å². The molecule has 0 aliphatic heterocycles. The van der Waals surface area contributed by atoms with Crippen molar-refractivity contribution in [3.05, 3.63) is 103 Å². The monoisotopic (exact) mass is 498 g/mol. The van der Waals surface area contributed by atoms with Gasteiger partial charge < -0.3 is 14.2 Å². The Morgan fingerprint density at radius 1 is 0.676 bits per heavy atom. The summed E-state index contributed by atoms with van der Waals surface area (Å²) in [5, 5.41) is 0. The highest BCUT2D eigenvalue weighted by Gasteiger charge is 2.13. The van der Waals surface area contributed by atoms with Crippen LogP contribution in [0.1, 0.15) is 20.8 Å². The van der Waals surface area contributed by atoms with Crippen molar-refractivity contribution in [2.45, 2.75) is 20.8 Å². The first-order valence-corrected chi connectivity index (χ1v) is 11.3. The predicted octanol–water partition coefficient (Wildman–Crippen LogP) is 6.75. The third-order valence-corrected chi connectivity index (χ3v) is 4.88. The van der Waals surface area contributed by atoms with Crippen LogP contribution in [0.5, 0.6) is 17.2 Å². The smallest absolute Gasteiger partial charge is 0.338 e. The molecule has 0 aromatic heterocycles. The van der Waals surface area contributed by atoms with E-state index in [4.69, 9.17) is 14.2 Å². The molecule has 37 heavy (non-hydrogen) atoms. The summed E-state index contributed by atoms with van der Waals surface area (Å²) in [6.07, 6.45) is 0.722. The molecule has 0 radical (unpaired) electrons. The van der Waals surface area contributed by atoms with E-state index in [1.165, 1.54) is 0 Å².